The van der Waals surface area contributed by atoms with Crippen LogP contribution in [0.2, 0.25) is 0 Å². The highest BCUT2D eigenvalue weighted by atomic mass is 32.1. The molecule has 0 saturated carbocycles. The highest BCUT2D eigenvalue weighted by molar-refractivity contribution is 7.27. The quantitative estimate of drug-likeness (QED) is 0.178. The molecule has 3 nitrogen and oxygen atoms in total. The van der Waals surface area contributed by atoms with E-state index >= 15 is 0 Å². The fraction of sp³-hybridized carbons (Fsp3) is 0. The van der Waals surface area contributed by atoms with Crippen LogP contribution in [0, 0.1) is 0 Å². The maximum absolute atomic E-state index is 6.62. The van der Waals surface area contributed by atoms with Crippen molar-refractivity contribution in [3.63, 3.8) is 0 Å². The molecule has 0 saturated heterocycles. The van der Waals surface area contributed by atoms with Crippen molar-refractivity contribution in [1.29, 1.82) is 0 Å². The Labute approximate surface area is 276 Å². The van der Waals surface area contributed by atoms with Crippen molar-refractivity contribution in [2.24, 2.45) is 0 Å². The zero-order chi connectivity index (χ0) is 30.6. The van der Waals surface area contributed by atoms with Crippen LogP contribution < -0.4 is 0 Å². The second-order valence-corrected chi connectivity index (χ2v) is 14.2. The van der Waals surface area contributed by atoms with Crippen molar-refractivity contribution in [2.45, 2.75) is 0 Å². The minimum Gasteiger partial charge on any atom is -0.455 e. The van der Waals surface area contributed by atoms with E-state index in [9.17, 15) is 0 Å². The molecule has 5 heteroatoms. The number of hydrogen-bond acceptors (Lipinski definition) is 5. The summed E-state index contributed by atoms with van der Waals surface area (Å²) >= 11 is 3.59. The monoisotopic (exact) mass is 634 g/mol. The molecule has 0 spiro atoms. The van der Waals surface area contributed by atoms with Crippen molar-refractivity contribution in [3.05, 3.63) is 133 Å². The predicted molar refractivity (Wildman–Crippen MR) is 201 cm³/mol. The molecule has 0 aliphatic rings. The van der Waals surface area contributed by atoms with Gasteiger partial charge in [-0.2, -0.15) is 0 Å². The van der Waals surface area contributed by atoms with Gasteiger partial charge in [0.1, 0.15) is 11.2 Å². The SMILES string of the molecule is c1ccc2c(c1)cc(-c1nc(-c3cc4c5ccccc5oc4c4c3sc3ccccc34)c3sc4ccccc4c3n1)c1ccccc12. The summed E-state index contributed by atoms with van der Waals surface area (Å²) in [7, 11) is 0. The lowest BCUT2D eigenvalue weighted by molar-refractivity contribution is 0.673. The third-order valence-corrected chi connectivity index (χ3v) is 11.8. The van der Waals surface area contributed by atoms with Gasteiger partial charge >= 0.3 is 0 Å². The van der Waals surface area contributed by atoms with E-state index in [1.807, 2.05) is 17.4 Å². The van der Waals surface area contributed by atoms with Gasteiger partial charge in [0, 0.05) is 52.2 Å². The van der Waals surface area contributed by atoms with Crippen molar-refractivity contribution in [2.75, 3.05) is 0 Å². The second kappa shape index (κ2) is 9.46. The number of hydrogen-bond donors (Lipinski definition) is 0. The van der Waals surface area contributed by atoms with Crippen LogP contribution in [0.4, 0.5) is 0 Å². The third-order valence-electron chi connectivity index (χ3n) is 9.47. The Hall–Kier alpha value is -5.62. The molecule has 7 aromatic carbocycles. The highest BCUT2D eigenvalue weighted by Gasteiger charge is 2.24. The van der Waals surface area contributed by atoms with Crippen molar-refractivity contribution < 1.29 is 4.42 Å². The molecule has 0 fully saturated rings. The third kappa shape index (κ3) is 3.55. The zero-order valence-electron chi connectivity index (χ0n) is 24.8. The summed E-state index contributed by atoms with van der Waals surface area (Å²) in [6.07, 6.45) is 0. The van der Waals surface area contributed by atoms with Crippen LogP contribution in [0.25, 0.3) is 107 Å². The first-order valence-corrected chi connectivity index (χ1v) is 17.3. The smallest absolute Gasteiger partial charge is 0.161 e. The summed E-state index contributed by atoms with van der Waals surface area (Å²) in [5, 5.41) is 10.5. The molecule has 0 N–H and O–H groups in total. The first-order chi connectivity index (χ1) is 23.3. The van der Waals surface area contributed by atoms with E-state index in [4.69, 9.17) is 14.4 Å². The Balaban J connectivity index is 1.34. The number of nitrogens with zero attached hydrogens (tertiary/aromatic N) is 2. The van der Waals surface area contributed by atoms with E-state index in [2.05, 4.69) is 127 Å². The predicted octanol–water partition coefficient (Wildman–Crippen LogP) is 12.8. The topological polar surface area (TPSA) is 38.9 Å². The summed E-state index contributed by atoms with van der Waals surface area (Å²) in [5.41, 5.74) is 5.95. The maximum atomic E-state index is 6.62. The summed E-state index contributed by atoms with van der Waals surface area (Å²) in [4.78, 5) is 10.9. The molecular formula is C42H22N2OS2. The minimum absolute atomic E-state index is 0.740. The molecule has 11 aromatic rings. The highest BCUT2D eigenvalue weighted by Crippen LogP contribution is 2.49. The molecule has 0 aliphatic carbocycles. The number of thiophene rings is 2. The van der Waals surface area contributed by atoms with Crippen molar-refractivity contribution in [3.8, 4) is 22.6 Å². The van der Waals surface area contributed by atoms with Crippen molar-refractivity contribution >= 4 is 107 Å². The van der Waals surface area contributed by atoms with Crippen LogP contribution in [0.1, 0.15) is 0 Å². The van der Waals surface area contributed by atoms with Gasteiger partial charge < -0.3 is 4.42 Å². The van der Waals surface area contributed by atoms with Gasteiger partial charge in [0.2, 0.25) is 0 Å². The van der Waals surface area contributed by atoms with E-state index in [1.54, 1.807) is 11.3 Å². The lowest BCUT2D eigenvalue weighted by Crippen LogP contribution is -1.95. The van der Waals surface area contributed by atoms with Gasteiger partial charge in [-0.05, 0) is 51.9 Å². The summed E-state index contributed by atoms with van der Waals surface area (Å²) < 4.78 is 11.3. The van der Waals surface area contributed by atoms with E-state index < -0.39 is 0 Å². The molecule has 0 unspecified atom stereocenters. The fourth-order valence-electron chi connectivity index (χ4n) is 7.37. The molecule has 218 valence electrons. The number of benzene rings is 7. The average molecular weight is 635 g/mol. The van der Waals surface area contributed by atoms with E-state index in [0.717, 1.165) is 71.0 Å². The number of aromatic nitrogens is 2. The Morgan fingerprint density at radius 1 is 0.468 bits per heavy atom. The van der Waals surface area contributed by atoms with Gasteiger partial charge in [0.15, 0.2) is 5.82 Å². The Bertz CT molecular complexity index is 3090. The molecule has 0 bridgehead atoms. The molecule has 0 amide bonds. The Kier molecular flexibility index (Phi) is 5.14. The van der Waals surface area contributed by atoms with Crippen LogP contribution in [0.5, 0.6) is 0 Å². The average Bonchev–Trinajstić information content (AvgIpc) is 3.82. The molecule has 47 heavy (non-hydrogen) atoms. The molecule has 11 rings (SSSR count). The molecule has 0 atom stereocenters. The number of furan rings is 1. The van der Waals surface area contributed by atoms with E-state index in [0.29, 0.717) is 0 Å². The number of para-hydroxylation sites is 1. The van der Waals surface area contributed by atoms with Crippen molar-refractivity contribution in [1.82, 2.24) is 9.97 Å². The molecule has 0 aliphatic heterocycles. The van der Waals surface area contributed by atoms with Crippen LogP contribution in [-0.4, -0.2) is 9.97 Å². The summed E-state index contributed by atoms with van der Waals surface area (Å²) in [5.74, 6) is 0.740. The lowest BCUT2D eigenvalue weighted by atomic mass is 9.96. The molecule has 4 heterocycles. The zero-order valence-corrected chi connectivity index (χ0v) is 26.5. The minimum atomic E-state index is 0.740. The maximum Gasteiger partial charge on any atom is 0.161 e. The van der Waals surface area contributed by atoms with Crippen LogP contribution in [-0.2, 0) is 0 Å². The normalized spacial score (nSPS) is 12.3. The van der Waals surface area contributed by atoms with Gasteiger partial charge in [-0.3, -0.25) is 0 Å². The molecule has 4 aromatic heterocycles. The van der Waals surface area contributed by atoms with E-state index in [-0.39, 0.29) is 0 Å². The number of fused-ring (bicyclic) bond motifs is 13. The summed E-state index contributed by atoms with van der Waals surface area (Å²) in [6.45, 7) is 0. The van der Waals surface area contributed by atoms with Gasteiger partial charge in [-0.15, -0.1) is 22.7 Å². The largest absolute Gasteiger partial charge is 0.455 e. The fourth-order valence-corrected chi connectivity index (χ4v) is 9.74. The Morgan fingerprint density at radius 2 is 1.11 bits per heavy atom. The summed E-state index contributed by atoms with van der Waals surface area (Å²) in [6, 6.07) is 47.4. The van der Waals surface area contributed by atoms with Crippen LogP contribution in [0.15, 0.2) is 138 Å². The molecule has 0 radical (unpaired) electrons. The first kappa shape index (κ1) is 25.6. The van der Waals surface area contributed by atoms with E-state index in [1.165, 1.54) is 35.6 Å². The number of rotatable bonds is 2. The van der Waals surface area contributed by atoms with Crippen LogP contribution in [0.3, 0.4) is 0 Å². The van der Waals surface area contributed by atoms with Gasteiger partial charge in [0.05, 0.1) is 15.9 Å². The van der Waals surface area contributed by atoms with Gasteiger partial charge in [-0.25, -0.2) is 9.97 Å². The second-order valence-electron chi connectivity index (χ2n) is 12.1. The molecular weight excluding hydrogens is 613 g/mol. The van der Waals surface area contributed by atoms with Crippen LogP contribution >= 0.6 is 22.7 Å². The Morgan fingerprint density at radius 3 is 1.96 bits per heavy atom. The van der Waals surface area contributed by atoms with Gasteiger partial charge in [-0.1, -0.05) is 103 Å². The van der Waals surface area contributed by atoms with Gasteiger partial charge in [0.25, 0.3) is 0 Å². The first-order valence-electron chi connectivity index (χ1n) is 15.7. The standard InChI is InChI=1S/C42H22N2OS2/c1-2-12-24-23(11-1)21-31(26-14-4-3-13-25(24)26)42-43-37-29-17-7-10-20-35(29)47-41(37)38(44-42)32-22-30-27-15-5-8-18-33(27)45-39(30)36-28-16-6-9-19-34(28)46-40(32)36/h1-22H. The lowest BCUT2D eigenvalue weighted by Gasteiger charge is -2.12.